The van der Waals surface area contributed by atoms with Gasteiger partial charge in [-0.25, -0.2) is 9.48 Å². The van der Waals surface area contributed by atoms with E-state index in [0.717, 1.165) is 11.8 Å². The molecule has 11 nitrogen and oxygen atoms in total. The van der Waals surface area contributed by atoms with Crippen molar-refractivity contribution in [2.45, 2.75) is 31.5 Å². The number of carbonyl (C=O) groups excluding carboxylic acids is 2. The van der Waals surface area contributed by atoms with Crippen molar-refractivity contribution in [1.82, 2.24) is 30.5 Å². The number of hydrogen-bond acceptors (Lipinski definition) is 9. The number of pyridine rings is 1. The lowest BCUT2D eigenvalue weighted by Gasteiger charge is -2.39. The van der Waals surface area contributed by atoms with Gasteiger partial charge in [-0.2, -0.15) is 0 Å². The molecule has 14 heteroatoms. The molecule has 0 saturated carbocycles. The number of rotatable bonds is 9. The zero-order valence-corrected chi connectivity index (χ0v) is 22.1. The van der Waals surface area contributed by atoms with E-state index in [-0.39, 0.29) is 27.8 Å². The van der Waals surface area contributed by atoms with Gasteiger partial charge in [-0.15, -0.1) is 5.10 Å². The predicted molar refractivity (Wildman–Crippen MR) is 137 cm³/mol. The number of Topliss-reactive ketones (excluding diaryl/α,β-unsaturated/α-hetero) is 1. The number of thioether (sulfide) groups is 1. The Balaban J connectivity index is 1.48. The largest absolute Gasteiger partial charge is 0.480 e. The van der Waals surface area contributed by atoms with Crippen LogP contribution in [0.5, 0.6) is 0 Å². The molecule has 2 aromatic heterocycles. The second-order valence-corrected chi connectivity index (χ2v) is 10.5. The molecule has 1 amide bonds. The van der Waals surface area contributed by atoms with E-state index >= 15 is 0 Å². The summed E-state index contributed by atoms with van der Waals surface area (Å²) < 4.78 is 1.43. The molecule has 0 bridgehead atoms. The zero-order valence-electron chi connectivity index (χ0n) is 19.8. The number of halogens is 2. The van der Waals surface area contributed by atoms with Gasteiger partial charge in [-0.1, -0.05) is 35.3 Å². The second kappa shape index (κ2) is 10.5. The van der Waals surface area contributed by atoms with Crippen molar-refractivity contribution < 1.29 is 19.5 Å². The molecule has 0 saturated heterocycles. The van der Waals surface area contributed by atoms with Crippen molar-refractivity contribution in [1.29, 1.82) is 0 Å². The normalized spacial score (nSPS) is 15.2. The van der Waals surface area contributed by atoms with Gasteiger partial charge in [0.05, 0.1) is 25.9 Å². The molecule has 0 radical (unpaired) electrons. The first kappa shape index (κ1) is 26.6. The number of aryl methyl sites for hydroxylation is 1. The number of ketones is 1. The van der Waals surface area contributed by atoms with Crippen molar-refractivity contribution in [2.75, 3.05) is 5.32 Å². The highest BCUT2D eigenvalue weighted by Crippen LogP contribution is 2.47. The molecule has 3 N–H and O–H groups in total. The summed E-state index contributed by atoms with van der Waals surface area (Å²) in [6.07, 6.45) is 2.78. The summed E-state index contributed by atoms with van der Waals surface area (Å²) in [5, 5.41) is 27.5. The lowest BCUT2D eigenvalue weighted by Crippen LogP contribution is -2.50. The van der Waals surface area contributed by atoms with Crippen molar-refractivity contribution >= 4 is 58.3 Å². The van der Waals surface area contributed by atoms with Gasteiger partial charge in [-0.3, -0.25) is 14.6 Å². The monoisotopic (exact) mass is 561 g/mol. The van der Waals surface area contributed by atoms with Gasteiger partial charge in [0.15, 0.2) is 5.78 Å². The number of aliphatic carboxylic acids is 1. The lowest BCUT2D eigenvalue weighted by molar-refractivity contribution is -0.139. The van der Waals surface area contributed by atoms with Crippen molar-refractivity contribution in [3.05, 3.63) is 68.4 Å². The van der Waals surface area contributed by atoms with E-state index < -0.39 is 23.3 Å². The molecule has 0 spiro atoms. The van der Waals surface area contributed by atoms with E-state index in [2.05, 4.69) is 31.1 Å². The fourth-order valence-electron chi connectivity index (χ4n) is 3.63. The standard InChI is InChI=1S/C23H21Cl2N7O4S/c1-23(2)18(17(19(23)33)37-22-29-30-31-32(22)3)28-15(21(35)36)8-11-4-6-12(7-5-11)27-20(34)16-13(24)9-26-10-14(16)25/h4-7,9-10,15,28H,8H2,1-3H3,(H,27,34)(H,35,36). The zero-order chi connectivity index (χ0) is 26.9. The second-order valence-electron chi connectivity index (χ2n) is 8.71. The van der Waals surface area contributed by atoms with Crippen molar-refractivity contribution in [2.24, 2.45) is 12.5 Å². The molecule has 1 atom stereocenters. The first-order valence-electron chi connectivity index (χ1n) is 10.9. The van der Waals surface area contributed by atoms with Gasteiger partial charge in [0.2, 0.25) is 5.16 Å². The number of benzene rings is 1. The quantitative estimate of drug-likeness (QED) is 0.354. The number of aromatic nitrogens is 5. The Labute approximate surface area is 225 Å². The molecule has 1 unspecified atom stereocenters. The molecule has 1 aromatic carbocycles. The molecule has 1 aliphatic rings. The van der Waals surface area contributed by atoms with Crippen molar-refractivity contribution in [3.63, 3.8) is 0 Å². The average molecular weight is 562 g/mol. The van der Waals surface area contributed by atoms with Crippen LogP contribution in [0.4, 0.5) is 5.69 Å². The van der Waals surface area contributed by atoms with Crippen LogP contribution in [0.3, 0.4) is 0 Å². The van der Waals surface area contributed by atoms with Crippen LogP contribution < -0.4 is 10.6 Å². The SMILES string of the molecule is Cn1nnnc1SC1=C(NC(Cc2ccc(NC(=O)c3c(Cl)cncc3Cl)cc2)C(=O)O)C(C)(C)C1=O. The number of amides is 1. The first-order valence-corrected chi connectivity index (χ1v) is 12.4. The summed E-state index contributed by atoms with van der Waals surface area (Å²) in [6, 6.07) is 5.69. The molecule has 0 aliphatic heterocycles. The first-order chi connectivity index (χ1) is 17.5. The van der Waals surface area contributed by atoms with E-state index in [4.69, 9.17) is 23.2 Å². The highest BCUT2D eigenvalue weighted by molar-refractivity contribution is 8.04. The van der Waals surface area contributed by atoms with Crippen LogP contribution in [0, 0.1) is 5.41 Å². The van der Waals surface area contributed by atoms with Crippen LogP contribution in [0.1, 0.15) is 29.8 Å². The number of tetrazole rings is 1. The molecule has 2 heterocycles. The van der Waals surface area contributed by atoms with E-state index in [9.17, 15) is 19.5 Å². The minimum Gasteiger partial charge on any atom is -0.480 e. The van der Waals surface area contributed by atoms with Gasteiger partial charge in [-0.05, 0) is 53.7 Å². The highest BCUT2D eigenvalue weighted by atomic mass is 35.5. The van der Waals surface area contributed by atoms with E-state index in [1.165, 1.54) is 17.1 Å². The van der Waals surface area contributed by atoms with E-state index in [1.54, 1.807) is 45.2 Å². The third kappa shape index (κ3) is 5.45. The Bertz CT molecular complexity index is 1400. The summed E-state index contributed by atoms with van der Waals surface area (Å²) in [5.74, 6) is -1.70. The molecular weight excluding hydrogens is 541 g/mol. The minimum absolute atomic E-state index is 0.106. The third-order valence-electron chi connectivity index (χ3n) is 5.75. The van der Waals surface area contributed by atoms with Crippen LogP contribution in [0.15, 0.2) is 52.4 Å². The topological polar surface area (TPSA) is 152 Å². The number of nitrogens with one attached hydrogen (secondary N) is 2. The van der Waals surface area contributed by atoms with Crippen LogP contribution in [0.2, 0.25) is 10.0 Å². The summed E-state index contributed by atoms with van der Waals surface area (Å²) in [7, 11) is 1.65. The summed E-state index contributed by atoms with van der Waals surface area (Å²) in [5.41, 5.74) is 0.934. The number of carbonyl (C=O) groups is 3. The molecule has 1 aliphatic carbocycles. The molecule has 3 aromatic rings. The van der Waals surface area contributed by atoms with Gasteiger partial charge in [0.25, 0.3) is 5.91 Å². The number of hydrogen-bond donors (Lipinski definition) is 3. The van der Waals surface area contributed by atoms with Gasteiger partial charge < -0.3 is 15.7 Å². The predicted octanol–water partition coefficient (Wildman–Crippen LogP) is 3.36. The summed E-state index contributed by atoms with van der Waals surface area (Å²) in [6.45, 7) is 3.46. The van der Waals surface area contributed by atoms with Crippen LogP contribution in [0.25, 0.3) is 0 Å². The third-order valence-corrected chi connectivity index (χ3v) is 7.44. The highest BCUT2D eigenvalue weighted by Gasteiger charge is 2.48. The summed E-state index contributed by atoms with van der Waals surface area (Å²) in [4.78, 5) is 41.6. The number of anilines is 1. The maximum absolute atomic E-state index is 12.7. The Morgan fingerprint density at radius 2 is 1.81 bits per heavy atom. The van der Waals surface area contributed by atoms with Crippen LogP contribution in [-0.2, 0) is 23.1 Å². The van der Waals surface area contributed by atoms with E-state index in [0.29, 0.717) is 27.0 Å². The molecule has 37 heavy (non-hydrogen) atoms. The van der Waals surface area contributed by atoms with E-state index in [1.807, 2.05) is 0 Å². The van der Waals surface area contributed by atoms with Gasteiger partial charge in [0, 0.05) is 37.2 Å². The molecular formula is C23H21Cl2N7O4S. The van der Waals surface area contributed by atoms with Crippen molar-refractivity contribution in [3.8, 4) is 0 Å². The Kier molecular flexibility index (Phi) is 7.53. The van der Waals surface area contributed by atoms with Crippen LogP contribution in [-0.4, -0.2) is 54.0 Å². The number of allylic oxidation sites excluding steroid dienone is 2. The number of nitrogens with zero attached hydrogens (tertiary/aromatic N) is 5. The minimum atomic E-state index is -1.08. The maximum Gasteiger partial charge on any atom is 0.326 e. The average Bonchev–Trinajstić information content (AvgIpc) is 3.25. The van der Waals surface area contributed by atoms with Crippen LogP contribution >= 0.6 is 35.0 Å². The fraction of sp³-hybridized carbons (Fsp3) is 0.261. The summed E-state index contributed by atoms with van der Waals surface area (Å²) >= 11 is 13.2. The number of carboxylic acids is 1. The number of carboxylic acid groups (broad SMARTS) is 1. The fourth-order valence-corrected chi connectivity index (χ4v) is 5.36. The van der Waals surface area contributed by atoms with Gasteiger partial charge >= 0.3 is 5.97 Å². The maximum atomic E-state index is 12.7. The Morgan fingerprint density at radius 3 is 2.38 bits per heavy atom. The Hall–Kier alpha value is -3.48. The molecule has 192 valence electrons. The van der Waals surface area contributed by atoms with Gasteiger partial charge in [0.1, 0.15) is 6.04 Å². The molecule has 0 fully saturated rings. The smallest absolute Gasteiger partial charge is 0.326 e. The lowest BCUT2D eigenvalue weighted by atomic mass is 9.74. The Morgan fingerprint density at radius 1 is 1.16 bits per heavy atom. The molecule has 4 rings (SSSR count).